The van der Waals surface area contributed by atoms with Gasteiger partial charge in [-0.2, -0.15) is 4.31 Å². The topological polar surface area (TPSA) is 167 Å². The molecule has 3 fully saturated rings. The third kappa shape index (κ3) is 9.50. The van der Waals surface area contributed by atoms with E-state index in [1.165, 1.54) is 10.5 Å². The number of aromatic nitrogens is 1. The van der Waals surface area contributed by atoms with Gasteiger partial charge in [0.2, 0.25) is 15.9 Å². The summed E-state index contributed by atoms with van der Waals surface area (Å²) >= 11 is 6.19. The lowest BCUT2D eigenvalue weighted by molar-refractivity contribution is -0.119. The minimum Gasteiger partial charge on any atom is -0.444 e. The molecule has 0 radical (unpaired) electrons. The van der Waals surface area contributed by atoms with Crippen LogP contribution in [0.1, 0.15) is 83.8 Å². The van der Waals surface area contributed by atoms with E-state index in [0.717, 1.165) is 11.8 Å². The van der Waals surface area contributed by atoms with Gasteiger partial charge in [0.1, 0.15) is 17.5 Å². The number of benzene rings is 1. The lowest BCUT2D eigenvalue weighted by Gasteiger charge is -2.44. The quantitative estimate of drug-likeness (QED) is 0.167. The zero-order chi connectivity index (χ0) is 37.1. The van der Waals surface area contributed by atoms with Crippen LogP contribution in [-0.4, -0.2) is 89.4 Å². The summed E-state index contributed by atoms with van der Waals surface area (Å²) in [6.45, 7) is 9.44. The molecule has 1 N–H and O–H groups in total. The molecule has 0 saturated carbocycles. The second-order valence-electron chi connectivity index (χ2n) is 14.9. The Hall–Kier alpha value is -3.49. The van der Waals surface area contributed by atoms with Crippen molar-refractivity contribution in [2.45, 2.75) is 115 Å². The molecule has 3 aliphatic heterocycles. The highest BCUT2D eigenvalue weighted by Crippen LogP contribution is 2.41. The summed E-state index contributed by atoms with van der Waals surface area (Å²) in [4.78, 5) is 36.0. The van der Waals surface area contributed by atoms with Crippen LogP contribution in [0.25, 0.3) is 10.4 Å². The third-order valence-electron chi connectivity index (χ3n) is 9.84. The molecule has 2 bridgehead atoms. The number of piperazine rings is 1. The maximum atomic E-state index is 15.6. The SMILES string of the molecule is C[C@@H]1C[C@H]([C@H](c2ccc(Cl)cc2)[C@H](N=[N+]=[N-])C(=O)Nc2cncc(F)c2CC[C@H]2CN(C(=O)OC(C)(C)C)[C@@H]3CCCS(=O)(=O)N2C3)C[C@H](C)O1. The highest BCUT2D eigenvalue weighted by molar-refractivity contribution is 7.89. The molecule has 13 nitrogen and oxygen atoms in total. The summed E-state index contributed by atoms with van der Waals surface area (Å²) in [6, 6.07) is 4.85. The summed E-state index contributed by atoms with van der Waals surface area (Å²) in [5.74, 6) is -2.01. The van der Waals surface area contributed by atoms with E-state index in [1.54, 1.807) is 37.8 Å². The molecule has 5 rings (SSSR count). The minimum atomic E-state index is -3.63. The van der Waals surface area contributed by atoms with Gasteiger partial charge in [0.15, 0.2) is 0 Å². The molecule has 16 heteroatoms. The Morgan fingerprint density at radius 1 is 1.18 bits per heavy atom. The van der Waals surface area contributed by atoms with Gasteiger partial charge in [-0.25, -0.2) is 17.6 Å². The Balaban J connectivity index is 1.41. The molecule has 278 valence electrons. The first kappa shape index (κ1) is 38.7. The maximum Gasteiger partial charge on any atom is 0.410 e. The van der Waals surface area contributed by atoms with Crippen molar-refractivity contribution in [3.8, 4) is 0 Å². The van der Waals surface area contributed by atoms with Gasteiger partial charge in [0, 0.05) is 46.6 Å². The number of nitrogens with one attached hydrogen (secondary N) is 1. The van der Waals surface area contributed by atoms with Gasteiger partial charge in [0.05, 0.1) is 36.0 Å². The number of fused-ring (bicyclic) bond motifs is 2. The number of pyridine rings is 1. The van der Waals surface area contributed by atoms with Crippen LogP contribution in [0.15, 0.2) is 41.8 Å². The highest BCUT2D eigenvalue weighted by Gasteiger charge is 2.45. The van der Waals surface area contributed by atoms with E-state index < -0.39 is 51.4 Å². The van der Waals surface area contributed by atoms with Crippen LogP contribution in [0.2, 0.25) is 5.02 Å². The van der Waals surface area contributed by atoms with Crippen molar-refractivity contribution in [1.82, 2.24) is 14.2 Å². The smallest absolute Gasteiger partial charge is 0.410 e. The van der Waals surface area contributed by atoms with Crippen molar-refractivity contribution in [1.29, 1.82) is 0 Å². The largest absolute Gasteiger partial charge is 0.444 e. The standard InChI is InChI=1S/C35H47ClFN7O6S/c1-21-15-24(16-22(2)49-21)31(23-8-10-25(36)11-9-23)32(41-42-38)33(45)40-30-18-39-17-29(37)28(30)13-12-27-19-43(34(46)50-35(3,4)5)26-7-6-14-51(47,48)44(27)20-26/h8-11,17-18,21-22,24,26-27,31-32H,6-7,12-16,19-20H2,1-5H3,(H,40,45)/t21-,22+,24+,26-,27+,31+,32+/m1/s1. The monoisotopic (exact) mass is 747 g/mol. The number of azide groups is 1. The Labute approximate surface area is 303 Å². The number of anilines is 1. The maximum absolute atomic E-state index is 15.6. The van der Waals surface area contributed by atoms with Crippen LogP contribution in [-0.2, 0) is 30.7 Å². The first-order chi connectivity index (χ1) is 24.1. The Bertz CT molecular complexity index is 1730. The van der Waals surface area contributed by atoms with E-state index in [9.17, 15) is 23.5 Å². The van der Waals surface area contributed by atoms with Crippen LogP contribution in [0, 0.1) is 11.7 Å². The number of hydrogen-bond donors (Lipinski definition) is 1. The number of carbonyl (C=O) groups excluding carboxylic acids is 2. The van der Waals surface area contributed by atoms with E-state index >= 15 is 4.39 Å². The van der Waals surface area contributed by atoms with Gasteiger partial charge in [0.25, 0.3) is 0 Å². The van der Waals surface area contributed by atoms with E-state index in [1.807, 2.05) is 26.0 Å². The number of hydrogen-bond acceptors (Lipinski definition) is 8. The number of sulfonamides is 1. The number of nitrogens with zero attached hydrogens (tertiary/aromatic N) is 6. The van der Waals surface area contributed by atoms with Crippen molar-refractivity contribution < 1.29 is 31.9 Å². The van der Waals surface area contributed by atoms with Crippen LogP contribution in [0.4, 0.5) is 14.9 Å². The second-order valence-corrected chi connectivity index (χ2v) is 17.3. The van der Waals surface area contributed by atoms with E-state index in [-0.39, 0.29) is 67.1 Å². The lowest BCUT2D eigenvalue weighted by Crippen LogP contribution is -2.60. The zero-order valence-electron chi connectivity index (χ0n) is 29.7. The van der Waals surface area contributed by atoms with Gasteiger partial charge < -0.3 is 19.7 Å². The summed E-state index contributed by atoms with van der Waals surface area (Å²) in [5.41, 5.74) is 9.87. The average Bonchev–Trinajstić information content (AvgIpc) is 3.16. The van der Waals surface area contributed by atoms with Crippen LogP contribution >= 0.6 is 11.6 Å². The molecule has 1 aromatic carbocycles. The fourth-order valence-electron chi connectivity index (χ4n) is 7.74. The van der Waals surface area contributed by atoms with E-state index in [2.05, 4.69) is 20.3 Å². The molecule has 3 saturated heterocycles. The normalized spacial score (nSPS) is 27.3. The minimum absolute atomic E-state index is 0.0231. The molecule has 4 heterocycles. The van der Waals surface area contributed by atoms with Gasteiger partial charge in [-0.15, -0.1) is 0 Å². The second kappa shape index (κ2) is 16.0. The molecule has 3 aliphatic rings. The molecule has 51 heavy (non-hydrogen) atoms. The van der Waals surface area contributed by atoms with Crippen molar-refractivity contribution in [3.05, 3.63) is 69.1 Å². The number of rotatable bonds is 9. The number of halogens is 2. The predicted octanol–water partition coefficient (Wildman–Crippen LogP) is 6.83. The Morgan fingerprint density at radius 2 is 1.86 bits per heavy atom. The molecule has 1 aromatic heterocycles. The van der Waals surface area contributed by atoms with Gasteiger partial charge >= 0.3 is 6.09 Å². The molecule has 1 unspecified atom stereocenters. The summed E-state index contributed by atoms with van der Waals surface area (Å²) < 4.78 is 55.3. The molecule has 2 aromatic rings. The third-order valence-corrected chi connectivity index (χ3v) is 12.1. The van der Waals surface area contributed by atoms with E-state index in [0.29, 0.717) is 30.7 Å². The van der Waals surface area contributed by atoms with Crippen LogP contribution < -0.4 is 5.32 Å². The molecule has 8 atom stereocenters. The zero-order valence-corrected chi connectivity index (χ0v) is 31.2. The van der Waals surface area contributed by atoms with Crippen molar-refractivity contribution >= 4 is 39.3 Å². The predicted molar refractivity (Wildman–Crippen MR) is 191 cm³/mol. The van der Waals surface area contributed by atoms with Crippen LogP contribution in [0.5, 0.6) is 0 Å². The first-order valence-corrected chi connectivity index (χ1v) is 19.4. The lowest BCUT2D eigenvalue weighted by atomic mass is 9.74. The number of carbonyl (C=O) groups is 2. The number of ether oxygens (including phenoxy) is 2. The van der Waals surface area contributed by atoms with Crippen LogP contribution in [0.3, 0.4) is 0 Å². The first-order valence-electron chi connectivity index (χ1n) is 17.4. The number of amides is 2. The summed E-state index contributed by atoms with van der Waals surface area (Å²) in [6.07, 6.45) is 4.01. The van der Waals surface area contributed by atoms with Crippen molar-refractivity contribution in [2.75, 3.05) is 24.2 Å². The molecular formula is C35H47ClFN7O6S. The van der Waals surface area contributed by atoms with Gasteiger partial charge in [-0.3, -0.25) is 9.78 Å². The fourth-order valence-corrected chi connectivity index (χ4v) is 9.66. The summed E-state index contributed by atoms with van der Waals surface area (Å²) in [5, 5.41) is 7.29. The van der Waals surface area contributed by atoms with Crippen molar-refractivity contribution in [2.24, 2.45) is 11.0 Å². The summed E-state index contributed by atoms with van der Waals surface area (Å²) in [7, 11) is -3.63. The molecule has 0 spiro atoms. The molecule has 0 aliphatic carbocycles. The molecular weight excluding hydrogens is 701 g/mol. The fraction of sp³-hybridized carbons (Fsp3) is 0.629. The van der Waals surface area contributed by atoms with E-state index in [4.69, 9.17) is 21.1 Å². The Morgan fingerprint density at radius 3 is 2.51 bits per heavy atom. The Kier molecular flexibility index (Phi) is 12.2. The van der Waals surface area contributed by atoms with Gasteiger partial charge in [-0.1, -0.05) is 28.8 Å². The highest BCUT2D eigenvalue weighted by atomic mass is 35.5. The van der Waals surface area contributed by atoms with Gasteiger partial charge in [-0.05, 0) is 102 Å². The average molecular weight is 748 g/mol. The molecule has 2 amide bonds. The van der Waals surface area contributed by atoms with Crippen molar-refractivity contribution in [3.63, 3.8) is 0 Å².